The number of hydrogen-bond donors (Lipinski definition) is 0. The third kappa shape index (κ3) is 5.40. The molecule has 0 radical (unpaired) electrons. The molecule has 0 N–H and O–H groups in total. The van der Waals surface area contributed by atoms with Gasteiger partial charge in [0.15, 0.2) is 6.61 Å². The van der Waals surface area contributed by atoms with E-state index < -0.39 is 0 Å². The summed E-state index contributed by atoms with van der Waals surface area (Å²) in [6.07, 6.45) is 2.50. The Morgan fingerprint density at radius 3 is 2.56 bits per heavy atom. The van der Waals surface area contributed by atoms with Crippen LogP contribution < -0.4 is 9.64 Å². The molecule has 1 atom stereocenters. The molecule has 4 rings (SSSR count). The summed E-state index contributed by atoms with van der Waals surface area (Å²) in [6.45, 7) is 10.1. The summed E-state index contributed by atoms with van der Waals surface area (Å²) in [5, 5.41) is 0. The van der Waals surface area contributed by atoms with Crippen LogP contribution in [0.4, 0.5) is 5.69 Å². The average Bonchev–Trinajstić information content (AvgIpc) is 2.90. The summed E-state index contributed by atoms with van der Waals surface area (Å²) < 4.78 is 10.8. The summed E-state index contributed by atoms with van der Waals surface area (Å²) in [5.74, 6) is 0.0312. The lowest BCUT2D eigenvalue weighted by molar-refractivity contribution is -0.149. The quantitative estimate of drug-likeness (QED) is 0.523. The molecular weight excluding hydrogens is 456 g/mol. The fourth-order valence-electron chi connectivity index (χ4n) is 4.73. The average molecular weight is 493 g/mol. The Balaban J connectivity index is 1.48. The van der Waals surface area contributed by atoms with Crippen LogP contribution in [-0.2, 0) is 26.3 Å². The molecule has 2 aliphatic heterocycles. The minimum Gasteiger partial charge on any atom is -0.482 e. The number of piperidine rings is 1. The van der Waals surface area contributed by atoms with Gasteiger partial charge in [0.2, 0.25) is 0 Å². The third-order valence-electron chi connectivity index (χ3n) is 7.44. The van der Waals surface area contributed by atoms with E-state index >= 15 is 0 Å². The minimum atomic E-state index is -0.267. The van der Waals surface area contributed by atoms with Gasteiger partial charge in [-0.2, -0.15) is 0 Å². The number of carbonyl (C=O) groups is 3. The topological polar surface area (TPSA) is 76.2 Å². The standard InChI is InChI=1S/C29H36N2O5/c1-5-29(3,4)23-13-14-25-24(16-23)31(26(32)19-36-25)17-20-9-11-21(12-10-20)27(33)30-15-7-8-22(18-30)28(34)35-6-2/h9-14,16,22H,5-8,15,17-19H2,1-4H3. The Hall–Kier alpha value is -3.35. The van der Waals surface area contributed by atoms with Crippen molar-refractivity contribution in [1.29, 1.82) is 0 Å². The summed E-state index contributed by atoms with van der Waals surface area (Å²) >= 11 is 0. The van der Waals surface area contributed by atoms with Crippen molar-refractivity contribution in [3.8, 4) is 5.75 Å². The highest BCUT2D eigenvalue weighted by Gasteiger charge is 2.31. The predicted octanol–water partition coefficient (Wildman–Crippen LogP) is 4.72. The largest absolute Gasteiger partial charge is 0.482 e. The molecule has 0 aliphatic carbocycles. The number of amides is 2. The molecule has 0 aromatic heterocycles. The van der Waals surface area contributed by atoms with Crippen molar-refractivity contribution in [3.05, 3.63) is 59.2 Å². The SMILES string of the molecule is CCOC(=O)C1CCCN(C(=O)c2ccc(CN3C(=O)COc4ccc(C(C)(C)CC)cc43)cc2)C1. The van der Waals surface area contributed by atoms with E-state index in [-0.39, 0.29) is 35.7 Å². The summed E-state index contributed by atoms with van der Waals surface area (Å²) in [6, 6.07) is 13.5. The van der Waals surface area contributed by atoms with Gasteiger partial charge in [0.1, 0.15) is 5.75 Å². The van der Waals surface area contributed by atoms with Gasteiger partial charge in [0, 0.05) is 18.7 Å². The molecule has 0 spiro atoms. The first-order valence-corrected chi connectivity index (χ1v) is 12.9. The molecule has 7 heteroatoms. The molecule has 1 fully saturated rings. The Morgan fingerprint density at radius 2 is 1.86 bits per heavy atom. The lowest BCUT2D eigenvalue weighted by atomic mass is 9.82. The molecule has 1 saturated heterocycles. The first-order valence-electron chi connectivity index (χ1n) is 12.9. The van der Waals surface area contributed by atoms with E-state index in [4.69, 9.17) is 9.47 Å². The van der Waals surface area contributed by atoms with E-state index in [1.54, 1.807) is 28.9 Å². The first kappa shape index (κ1) is 25.7. The van der Waals surface area contributed by atoms with Gasteiger partial charge in [-0.3, -0.25) is 14.4 Å². The van der Waals surface area contributed by atoms with Crippen molar-refractivity contribution < 1.29 is 23.9 Å². The van der Waals surface area contributed by atoms with Crippen molar-refractivity contribution in [3.63, 3.8) is 0 Å². The molecule has 0 saturated carbocycles. The monoisotopic (exact) mass is 492 g/mol. The minimum absolute atomic E-state index is 0.00998. The fraction of sp³-hybridized carbons (Fsp3) is 0.483. The number of ether oxygens (including phenoxy) is 2. The number of anilines is 1. The zero-order valence-corrected chi connectivity index (χ0v) is 21.7. The number of likely N-dealkylation sites (tertiary alicyclic amines) is 1. The van der Waals surface area contributed by atoms with Crippen LogP contribution in [0.3, 0.4) is 0 Å². The second-order valence-electron chi connectivity index (χ2n) is 10.2. The van der Waals surface area contributed by atoms with Gasteiger partial charge in [-0.25, -0.2) is 0 Å². The number of nitrogens with zero attached hydrogens (tertiary/aromatic N) is 2. The second-order valence-corrected chi connectivity index (χ2v) is 10.2. The Morgan fingerprint density at radius 1 is 1.11 bits per heavy atom. The maximum atomic E-state index is 13.1. The van der Waals surface area contributed by atoms with Gasteiger partial charge >= 0.3 is 5.97 Å². The van der Waals surface area contributed by atoms with Gasteiger partial charge in [-0.05, 0) is 67.0 Å². The summed E-state index contributed by atoms with van der Waals surface area (Å²) in [4.78, 5) is 41.5. The van der Waals surface area contributed by atoms with Crippen molar-refractivity contribution in [1.82, 2.24) is 4.90 Å². The van der Waals surface area contributed by atoms with Crippen LogP contribution in [0.1, 0.15) is 68.4 Å². The molecule has 2 aromatic rings. The first-order chi connectivity index (χ1) is 17.2. The maximum absolute atomic E-state index is 13.1. The highest BCUT2D eigenvalue weighted by atomic mass is 16.5. The summed E-state index contributed by atoms with van der Waals surface area (Å²) in [5.41, 5.74) is 3.43. The van der Waals surface area contributed by atoms with Crippen molar-refractivity contribution in [2.75, 3.05) is 31.2 Å². The smallest absolute Gasteiger partial charge is 0.310 e. The number of fused-ring (bicyclic) bond motifs is 1. The third-order valence-corrected chi connectivity index (χ3v) is 7.44. The zero-order chi connectivity index (χ0) is 25.9. The van der Waals surface area contributed by atoms with E-state index in [9.17, 15) is 14.4 Å². The van der Waals surface area contributed by atoms with Crippen LogP contribution in [0, 0.1) is 5.92 Å². The zero-order valence-electron chi connectivity index (χ0n) is 21.7. The molecule has 2 amide bonds. The van der Waals surface area contributed by atoms with Gasteiger partial charge in [-0.1, -0.05) is 39.0 Å². The predicted molar refractivity (Wildman–Crippen MR) is 138 cm³/mol. The van der Waals surface area contributed by atoms with E-state index in [1.165, 1.54) is 0 Å². The van der Waals surface area contributed by atoms with E-state index in [0.29, 0.717) is 37.6 Å². The Labute approximate surface area is 213 Å². The van der Waals surface area contributed by atoms with E-state index in [2.05, 4.69) is 32.9 Å². The number of carbonyl (C=O) groups excluding carboxylic acids is 3. The van der Waals surface area contributed by atoms with Gasteiger partial charge < -0.3 is 19.3 Å². The molecule has 192 valence electrons. The van der Waals surface area contributed by atoms with Crippen LogP contribution in [0.15, 0.2) is 42.5 Å². The number of hydrogen-bond acceptors (Lipinski definition) is 5. The Bertz CT molecular complexity index is 1120. The second kappa shape index (κ2) is 10.7. The van der Waals surface area contributed by atoms with Crippen LogP contribution in [0.5, 0.6) is 5.75 Å². The van der Waals surface area contributed by atoms with Crippen molar-refractivity contribution in [2.24, 2.45) is 5.92 Å². The molecule has 2 aromatic carbocycles. The van der Waals surface area contributed by atoms with Gasteiger partial charge in [-0.15, -0.1) is 0 Å². The highest BCUT2D eigenvalue weighted by molar-refractivity contribution is 5.98. The molecular formula is C29H36N2O5. The van der Waals surface area contributed by atoms with Gasteiger partial charge in [0.05, 0.1) is 24.8 Å². The Kier molecular flexibility index (Phi) is 7.67. The van der Waals surface area contributed by atoms with E-state index in [1.807, 2.05) is 18.2 Å². The molecule has 0 bridgehead atoms. The normalized spacial score (nSPS) is 17.9. The van der Waals surface area contributed by atoms with Crippen molar-refractivity contribution in [2.45, 2.75) is 58.9 Å². The number of benzene rings is 2. The number of rotatable bonds is 7. The molecule has 2 heterocycles. The molecule has 1 unspecified atom stereocenters. The fourth-order valence-corrected chi connectivity index (χ4v) is 4.73. The highest BCUT2D eigenvalue weighted by Crippen LogP contribution is 2.38. The molecule has 2 aliphatic rings. The summed E-state index contributed by atoms with van der Waals surface area (Å²) in [7, 11) is 0. The van der Waals surface area contributed by atoms with Crippen LogP contribution in [0.25, 0.3) is 0 Å². The lowest BCUT2D eigenvalue weighted by Crippen LogP contribution is -2.42. The molecule has 36 heavy (non-hydrogen) atoms. The van der Waals surface area contributed by atoms with Crippen LogP contribution in [-0.4, -0.2) is 49.0 Å². The van der Waals surface area contributed by atoms with Crippen LogP contribution in [0.2, 0.25) is 0 Å². The maximum Gasteiger partial charge on any atom is 0.310 e. The van der Waals surface area contributed by atoms with E-state index in [0.717, 1.165) is 36.1 Å². The van der Waals surface area contributed by atoms with Gasteiger partial charge in [0.25, 0.3) is 11.8 Å². The number of esters is 1. The lowest BCUT2D eigenvalue weighted by Gasteiger charge is -2.32. The van der Waals surface area contributed by atoms with Crippen molar-refractivity contribution >= 4 is 23.5 Å². The van der Waals surface area contributed by atoms with Crippen LogP contribution >= 0.6 is 0 Å². The molecule has 7 nitrogen and oxygen atoms in total.